The van der Waals surface area contributed by atoms with Gasteiger partial charge in [0.2, 0.25) is 0 Å². The van der Waals surface area contributed by atoms with Gasteiger partial charge in [-0.25, -0.2) is 0 Å². The fourth-order valence-corrected chi connectivity index (χ4v) is 5.19. The van der Waals surface area contributed by atoms with Gasteiger partial charge in [-0.3, -0.25) is 4.90 Å². The summed E-state index contributed by atoms with van der Waals surface area (Å²) in [5, 5.41) is 0. The van der Waals surface area contributed by atoms with Crippen LogP contribution in [0.25, 0.3) is 0 Å². The molecule has 2 nitrogen and oxygen atoms in total. The van der Waals surface area contributed by atoms with Crippen molar-refractivity contribution in [2.24, 2.45) is 5.73 Å². The lowest BCUT2D eigenvalue weighted by atomic mass is 10.0. The summed E-state index contributed by atoms with van der Waals surface area (Å²) < 4.78 is 2.30. The van der Waals surface area contributed by atoms with Crippen LogP contribution >= 0.6 is 43.2 Å². The molecule has 1 heterocycles. The Morgan fingerprint density at radius 1 is 1.32 bits per heavy atom. The van der Waals surface area contributed by atoms with Crippen LogP contribution in [0, 0.1) is 0 Å². The minimum absolute atomic E-state index is 0.343. The van der Waals surface area contributed by atoms with Crippen LogP contribution < -0.4 is 5.73 Å². The van der Waals surface area contributed by atoms with Crippen molar-refractivity contribution in [3.8, 4) is 0 Å². The van der Waals surface area contributed by atoms with Crippen molar-refractivity contribution in [2.45, 2.75) is 50.6 Å². The minimum Gasteiger partial charge on any atom is -0.329 e. The predicted octanol–water partition coefficient (Wildman–Crippen LogP) is 4.93. The number of halogens is 2. The topological polar surface area (TPSA) is 29.3 Å². The smallest absolute Gasteiger partial charge is 0.0843 e. The van der Waals surface area contributed by atoms with Gasteiger partial charge in [0.05, 0.1) is 9.83 Å². The molecule has 1 aliphatic carbocycles. The number of rotatable bonds is 4. The highest BCUT2D eigenvalue weighted by Gasteiger charge is 2.25. The Labute approximate surface area is 137 Å². The van der Waals surface area contributed by atoms with Crippen LogP contribution in [0.3, 0.4) is 0 Å². The Morgan fingerprint density at radius 3 is 2.42 bits per heavy atom. The van der Waals surface area contributed by atoms with E-state index in [1.165, 1.54) is 43.4 Å². The third-order valence-electron chi connectivity index (χ3n) is 4.11. The van der Waals surface area contributed by atoms with Gasteiger partial charge in [0.1, 0.15) is 0 Å². The van der Waals surface area contributed by atoms with E-state index in [0.29, 0.717) is 18.6 Å². The largest absolute Gasteiger partial charge is 0.329 e. The maximum atomic E-state index is 6.05. The monoisotopic (exact) mass is 408 g/mol. The summed E-state index contributed by atoms with van der Waals surface area (Å²) in [4.78, 5) is 3.86. The summed E-state index contributed by atoms with van der Waals surface area (Å²) in [7, 11) is 2.25. The number of thiophene rings is 1. The standard InChI is InChI=1S/C14H22Br2N2S/c1-18(10-6-4-2-3-5-7-10)12(9-17)13-8-11(15)14(16)19-13/h8,10,12H,2-7,9,17H2,1H3. The van der Waals surface area contributed by atoms with Crippen LogP contribution in [-0.2, 0) is 0 Å². The van der Waals surface area contributed by atoms with E-state index in [2.05, 4.69) is 49.9 Å². The Morgan fingerprint density at radius 2 is 1.95 bits per heavy atom. The van der Waals surface area contributed by atoms with Gasteiger partial charge >= 0.3 is 0 Å². The Balaban J connectivity index is 2.11. The molecule has 2 rings (SSSR count). The summed E-state index contributed by atoms with van der Waals surface area (Å²) >= 11 is 8.95. The van der Waals surface area contributed by atoms with Gasteiger partial charge in [-0.15, -0.1) is 11.3 Å². The minimum atomic E-state index is 0.343. The fraction of sp³-hybridized carbons (Fsp3) is 0.714. The number of hydrogen-bond donors (Lipinski definition) is 1. The highest BCUT2D eigenvalue weighted by Crippen LogP contribution is 2.38. The second-order valence-electron chi connectivity index (χ2n) is 5.33. The molecule has 1 fully saturated rings. The van der Waals surface area contributed by atoms with Gasteiger partial charge in [-0.2, -0.15) is 0 Å². The summed E-state index contributed by atoms with van der Waals surface area (Å²) in [5.41, 5.74) is 6.05. The van der Waals surface area contributed by atoms with Crippen molar-refractivity contribution in [1.29, 1.82) is 0 Å². The average Bonchev–Trinajstić information content (AvgIpc) is 2.62. The zero-order valence-electron chi connectivity index (χ0n) is 11.4. The maximum absolute atomic E-state index is 6.05. The Kier molecular flexibility index (Phi) is 6.34. The Bertz CT molecular complexity index is 381. The first-order valence-electron chi connectivity index (χ1n) is 7.00. The van der Waals surface area contributed by atoms with Crippen molar-refractivity contribution >= 4 is 43.2 Å². The van der Waals surface area contributed by atoms with E-state index in [-0.39, 0.29) is 0 Å². The molecule has 2 N–H and O–H groups in total. The van der Waals surface area contributed by atoms with Gasteiger partial charge in [0, 0.05) is 21.9 Å². The van der Waals surface area contributed by atoms with E-state index in [9.17, 15) is 0 Å². The number of hydrogen-bond acceptors (Lipinski definition) is 3. The van der Waals surface area contributed by atoms with E-state index >= 15 is 0 Å². The molecular weight excluding hydrogens is 388 g/mol. The first-order valence-corrected chi connectivity index (χ1v) is 9.40. The third kappa shape index (κ3) is 4.03. The van der Waals surface area contributed by atoms with Crippen molar-refractivity contribution in [2.75, 3.05) is 13.6 Å². The quantitative estimate of drug-likeness (QED) is 0.714. The highest BCUT2D eigenvalue weighted by atomic mass is 79.9. The molecule has 1 aromatic rings. The third-order valence-corrected chi connectivity index (χ3v) is 7.47. The zero-order chi connectivity index (χ0) is 13.8. The maximum Gasteiger partial charge on any atom is 0.0843 e. The van der Waals surface area contributed by atoms with E-state index in [1.807, 2.05) is 0 Å². The van der Waals surface area contributed by atoms with E-state index in [0.717, 1.165) is 8.26 Å². The normalized spacial score (nSPS) is 19.6. The van der Waals surface area contributed by atoms with Gasteiger partial charge in [-0.05, 0) is 57.8 Å². The first-order chi connectivity index (χ1) is 9.13. The number of nitrogens with two attached hydrogens (primary N) is 1. The van der Waals surface area contributed by atoms with Crippen LogP contribution in [-0.4, -0.2) is 24.5 Å². The lowest BCUT2D eigenvalue weighted by molar-refractivity contribution is 0.163. The molecule has 1 unspecified atom stereocenters. The van der Waals surface area contributed by atoms with Crippen molar-refractivity contribution in [3.63, 3.8) is 0 Å². The SMILES string of the molecule is CN(C1CCCCCC1)C(CN)c1cc(Br)c(Br)s1. The summed E-state index contributed by atoms with van der Waals surface area (Å²) in [6, 6.07) is 3.24. The van der Waals surface area contributed by atoms with Crippen LogP contribution in [0.4, 0.5) is 0 Å². The lowest BCUT2D eigenvalue weighted by Crippen LogP contribution is -2.38. The molecule has 1 aromatic heterocycles. The first kappa shape index (κ1) is 16.0. The molecule has 0 spiro atoms. The summed E-state index contributed by atoms with van der Waals surface area (Å²) in [6.45, 7) is 0.687. The molecule has 1 atom stereocenters. The van der Waals surface area contributed by atoms with Crippen LogP contribution in [0.15, 0.2) is 14.3 Å². The van der Waals surface area contributed by atoms with Gasteiger partial charge in [0.25, 0.3) is 0 Å². The molecule has 0 saturated heterocycles. The molecule has 0 amide bonds. The van der Waals surface area contributed by atoms with Crippen LogP contribution in [0.5, 0.6) is 0 Å². The zero-order valence-corrected chi connectivity index (χ0v) is 15.4. The lowest BCUT2D eigenvalue weighted by Gasteiger charge is -2.33. The molecule has 0 radical (unpaired) electrons. The van der Waals surface area contributed by atoms with E-state index in [4.69, 9.17) is 5.73 Å². The molecule has 0 aliphatic heterocycles. The van der Waals surface area contributed by atoms with Gasteiger partial charge in [-0.1, -0.05) is 25.7 Å². The predicted molar refractivity (Wildman–Crippen MR) is 90.8 cm³/mol. The van der Waals surface area contributed by atoms with Crippen molar-refractivity contribution < 1.29 is 0 Å². The highest BCUT2D eigenvalue weighted by molar-refractivity contribution is 9.13. The molecule has 1 saturated carbocycles. The van der Waals surface area contributed by atoms with Crippen molar-refractivity contribution in [1.82, 2.24) is 4.90 Å². The van der Waals surface area contributed by atoms with Crippen molar-refractivity contribution in [3.05, 3.63) is 19.2 Å². The molecule has 1 aliphatic rings. The molecule has 19 heavy (non-hydrogen) atoms. The summed E-state index contributed by atoms with van der Waals surface area (Å²) in [6.07, 6.45) is 8.16. The molecular formula is C14H22Br2N2S. The molecule has 108 valence electrons. The van der Waals surface area contributed by atoms with Gasteiger partial charge in [0.15, 0.2) is 0 Å². The fourth-order valence-electron chi connectivity index (χ4n) is 2.93. The molecule has 5 heteroatoms. The molecule has 0 bridgehead atoms. The second-order valence-corrected chi connectivity index (χ2v) is 8.59. The van der Waals surface area contributed by atoms with E-state index < -0.39 is 0 Å². The van der Waals surface area contributed by atoms with Crippen LogP contribution in [0.2, 0.25) is 0 Å². The number of nitrogens with zero attached hydrogens (tertiary/aromatic N) is 1. The number of likely N-dealkylation sites (N-methyl/N-ethyl adjacent to an activating group) is 1. The summed E-state index contributed by atoms with van der Waals surface area (Å²) in [5.74, 6) is 0. The molecule has 0 aromatic carbocycles. The van der Waals surface area contributed by atoms with Gasteiger partial charge < -0.3 is 5.73 Å². The van der Waals surface area contributed by atoms with Crippen LogP contribution in [0.1, 0.15) is 49.4 Å². The average molecular weight is 410 g/mol. The second kappa shape index (κ2) is 7.55. The van der Waals surface area contributed by atoms with E-state index in [1.54, 1.807) is 11.3 Å². The Hall–Kier alpha value is 0.580.